The van der Waals surface area contributed by atoms with Crippen molar-refractivity contribution in [3.8, 4) is 0 Å². The molecule has 0 aromatic heterocycles. The molecule has 98 valence electrons. The first-order valence-corrected chi connectivity index (χ1v) is 6.44. The van der Waals surface area contributed by atoms with Crippen molar-refractivity contribution in [1.29, 1.82) is 0 Å². The fourth-order valence-electron chi connectivity index (χ4n) is 1.68. The van der Waals surface area contributed by atoms with Crippen LogP contribution in [0.4, 0.5) is 4.39 Å². The van der Waals surface area contributed by atoms with Gasteiger partial charge < -0.3 is 10.9 Å². The topological polar surface area (TPSA) is 58.6 Å². The molecule has 0 heterocycles. The molecule has 0 unspecified atom stereocenters. The van der Waals surface area contributed by atoms with Gasteiger partial charge in [0.1, 0.15) is 5.82 Å². The van der Waals surface area contributed by atoms with E-state index in [0.717, 1.165) is 15.4 Å². The molecule has 0 spiro atoms. The average Bonchev–Trinajstić information content (AvgIpc) is 2.41. The lowest BCUT2D eigenvalue weighted by Crippen LogP contribution is -2.14. The highest BCUT2D eigenvalue weighted by atomic mass is 32.2. The van der Waals surface area contributed by atoms with E-state index in [9.17, 15) is 4.39 Å². The second kappa shape index (κ2) is 5.75. The van der Waals surface area contributed by atoms with E-state index < -0.39 is 0 Å². The number of hydrogen-bond acceptors (Lipinski definition) is 3. The van der Waals surface area contributed by atoms with Gasteiger partial charge in [-0.2, -0.15) is 0 Å². The first kappa shape index (κ1) is 13.4. The van der Waals surface area contributed by atoms with Gasteiger partial charge >= 0.3 is 0 Å². The summed E-state index contributed by atoms with van der Waals surface area (Å²) in [5.74, 6) is -0.154. The second-order valence-corrected chi connectivity index (χ2v) is 5.16. The van der Waals surface area contributed by atoms with Gasteiger partial charge in [-0.15, -0.1) is 0 Å². The zero-order valence-electron chi connectivity index (χ0n) is 10.3. The molecule has 2 aromatic carbocycles. The van der Waals surface area contributed by atoms with Crippen LogP contribution in [-0.4, -0.2) is 11.0 Å². The first-order chi connectivity index (χ1) is 9.10. The quantitative estimate of drug-likeness (QED) is 0.391. The minimum atomic E-state index is -0.247. The van der Waals surface area contributed by atoms with E-state index in [2.05, 4.69) is 5.16 Å². The Hall–Kier alpha value is -2.01. The summed E-state index contributed by atoms with van der Waals surface area (Å²) >= 11 is 1.53. The van der Waals surface area contributed by atoms with Gasteiger partial charge in [0.05, 0.1) is 0 Å². The van der Waals surface area contributed by atoms with E-state index in [1.54, 1.807) is 18.2 Å². The Morgan fingerprint density at radius 2 is 1.79 bits per heavy atom. The maximum Gasteiger partial charge on any atom is 0.170 e. The molecule has 0 aliphatic rings. The van der Waals surface area contributed by atoms with Gasteiger partial charge in [0, 0.05) is 15.4 Å². The number of hydrogen-bond donors (Lipinski definition) is 2. The highest BCUT2D eigenvalue weighted by Gasteiger charge is 2.05. The number of halogens is 1. The number of benzene rings is 2. The van der Waals surface area contributed by atoms with E-state index in [0.29, 0.717) is 5.56 Å². The van der Waals surface area contributed by atoms with Crippen molar-refractivity contribution in [2.75, 3.05) is 0 Å². The Balaban J connectivity index is 2.23. The molecular weight excluding hydrogens is 263 g/mol. The van der Waals surface area contributed by atoms with Crippen molar-refractivity contribution >= 4 is 17.6 Å². The summed E-state index contributed by atoms with van der Waals surface area (Å²) in [6.45, 7) is 1.89. The van der Waals surface area contributed by atoms with Crippen LogP contribution in [0.25, 0.3) is 0 Å². The fraction of sp³-hybridized carbons (Fsp3) is 0.0714. The maximum atomic E-state index is 12.8. The van der Waals surface area contributed by atoms with Crippen LogP contribution in [0.3, 0.4) is 0 Å². The lowest BCUT2D eigenvalue weighted by atomic mass is 10.1. The van der Waals surface area contributed by atoms with E-state index in [1.807, 2.05) is 19.1 Å². The average molecular weight is 276 g/mol. The summed E-state index contributed by atoms with van der Waals surface area (Å²) in [4.78, 5) is 1.97. The molecule has 2 aromatic rings. The van der Waals surface area contributed by atoms with Gasteiger partial charge in [0.25, 0.3) is 0 Å². The standard InChI is InChI=1S/C14H13FN2OS/c1-9-8-12(6-7-13(9)14(16)17-18)19-11-4-2-10(15)3-5-11/h2-8,18H,1H3,(H2,16,17). The summed E-state index contributed by atoms with van der Waals surface area (Å²) in [6, 6.07) is 11.9. The first-order valence-electron chi connectivity index (χ1n) is 5.62. The third-order valence-electron chi connectivity index (χ3n) is 2.63. The third kappa shape index (κ3) is 3.26. The molecule has 0 bridgehead atoms. The van der Waals surface area contributed by atoms with Gasteiger partial charge in [-0.25, -0.2) is 4.39 Å². The predicted octanol–water partition coefficient (Wildman–Crippen LogP) is 3.38. The van der Waals surface area contributed by atoms with E-state index in [-0.39, 0.29) is 11.7 Å². The summed E-state index contributed by atoms with van der Waals surface area (Å²) in [5, 5.41) is 11.7. The number of oxime groups is 1. The lowest BCUT2D eigenvalue weighted by molar-refractivity contribution is 0.318. The molecule has 0 atom stereocenters. The number of nitrogens with zero attached hydrogens (tertiary/aromatic N) is 1. The van der Waals surface area contributed by atoms with Gasteiger partial charge in [0.2, 0.25) is 0 Å². The third-order valence-corrected chi connectivity index (χ3v) is 3.63. The molecule has 19 heavy (non-hydrogen) atoms. The largest absolute Gasteiger partial charge is 0.409 e. The van der Waals surface area contributed by atoms with Crippen LogP contribution in [-0.2, 0) is 0 Å². The molecule has 0 aliphatic heterocycles. The summed E-state index contributed by atoms with van der Waals surface area (Å²) < 4.78 is 12.8. The van der Waals surface area contributed by atoms with Crippen molar-refractivity contribution in [2.45, 2.75) is 16.7 Å². The van der Waals surface area contributed by atoms with E-state index >= 15 is 0 Å². The minimum absolute atomic E-state index is 0.0934. The van der Waals surface area contributed by atoms with Crippen LogP contribution >= 0.6 is 11.8 Å². The lowest BCUT2D eigenvalue weighted by Gasteiger charge is -2.07. The fourth-order valence-corrected chi connectivity index (χ4v) is 2.60. The van der Waals surface area contributed by atoms with Gasteiger partial charge in [-0.05, 0) is 55.0 Å². The smallest absolute Gasteiger partial charge is 0.170 e. The van der Waals surface area contributed by atoms with Crippen molar-refractivity contribution in [3.05, 3.63) is 59.4 Å². The van der Waals surface area contributed by atoms with Crippen molar-refractivity contribution in [1.82, 2.24) is 0 Å². The Kier molecular flexibility index (Phi) is 4.06. The Labute approximate surface area is 114 Å². The molecule has 2 rings (SSSR count). The number of amidine groups is 1. The minimum Gasteiger partial charge on any atom is -0.409 e. The van der Waals surface area contributed by atoms with Crippen LogP contribution in [0.5, 0.6) is 0 Å². The summed E-state index contributed by atoms with van der Waals surface area (Å²) in [5.41, 5.74) is 7.18. The molecule has 5 heteroatoms. The molecule has 0 saturated heterocycles. The molecule has 0 fully saturated rings. The van der Waals surface area contributed by atoms with Crippen molar-refractivity contribution in [2.24, 2.45) is 10.9 Å². The normalized spacial score (nSPS) is 11.6. The molecule has 3 nitrogen and oxygen atoms in total. The molecular formula is C14H13FN2OS. The highest BCUT2D eigenvalue weighted by Crippen LogP contribution is 2.29. The zero-order valence-corrected chi connectivity index (χ0v) is 11.1. The zero-order chi connectivity index (χ0) is 13.8. The van der Waals surface area contributed by atoms with E-state index in [4.69, 9.17) is 10.9 Å². The predicted molar refractivity (Wildman–Crippen MR) is 74.2 cm³/mol. The molecule has 0 radical (unpaired) electrons. The van der Waals surface area contributed by atoms with Gasteiger partial charge in [0.15, 0.2) is 5.84 Å². The van der Waals surface area contributed by atoms with Crippen LogP contribution in [0, 0.1) is 12.7 Å². The van der Waals surface area contributed by atoms with Crippen molar-refractivity contribution < 1.29 is 9.60 Å². The SMILES string of the molecule is Cc1cc(Sc2ccc(F)cc2)ccc1/C(N)=N/O. The van der Waals surface area contributed by atoms with Crippen LogP contribution in [0.1, 0.15) is 11.1 Å². The number of nitrogens with two attached hydrogens (primary N) is 1. The summed E-state index contributed by atoms with van der Waals surface area (Å²) in [7, 11) is 0. The van der Waals surface area contributed by atoms with E-state index in [1.165, 1.54) is 23.9 Å². The van der Waals surface area contributed by atoms with Crippen LogP contribution < -0.4 is 5.73 Å². The second-order valence-electron chi connectivity index (χ2n) is 4.02. The van der Waals surface area contributed by atoms with Crippen molar-refractivity contribution in [3.63, 3.8) is 0 Å². The molecule has 0 aliphatic carbocycles. The summed E-state index contributed by atoms with van der Waals surface area (Å²) in [6.07, 6.45) is 0. The number of rotatable bonds is 3. The van der Waals surface area contributed by atoms with Gasteiger partial charge in [-0.3, -0.25) is 0 Å². The Morgan fingerprint density at radius 1 is 1.16 bits per heavy atom. The van der Waals surface area contributed by atoms with Gasteiger partial charge in [-0.1, -0.05) is 16.9 Å². The Bertz CT molecular complexity index is 611. The number of aryl methyl sites for hydroxylation is 1. The Morgan fingerprint density at radius 3 is 2.37 bits per heavy atom. The van der Waals surface area contributed by atoms with Crippen LogP contribution in [0.2, 0.25) is 0 Å². The molecule has 3 N–H and O–H groups in total. The molecule has 0 amide bonds. The van der Waals surface area contributed by atoms with Crippen LogP contribution in [0.15, 0.2) is 57.4 Å². The maximum absolute atomic E-state index is 12.8. The highest BCUT2D eigenvalue weighted by molar-refractivity contribution is 7.99. The molecule has 0 saturated carbocycles. The monoisotopic (exact) mass is 276 g/mol.